The molecule has 0 aliphatic heterocycles. The minimum atomic E-state index is -0.873. The van der Waals surface area contributed by atoms with Crippen LogP contribution < -0.4 is 0 Å². The number of hydrogen-bond donors (Lipinski definition) is 1. The predicted molar refractivity (Wildman–Crippen MR) is 50.5 cm³/mol. The Kier molecular flexibility index (Phi) is 6.05. The lowest BCUT2D eigenvalue weighted by atomic mass is 10.3. The summed E-state index contributed by atoms with van der Waals surface area (Å²) in [6, 6.07) is 0. The number of ether oxygens (including phenoxy) is 1. The van der Waals surface area contributed by atoms with E-state index < -0.39 is 17.2 Å². The normalized spacial score (nSPS) is 12.8. The number of thioether (sulfide) groups is 1. The fourth-order valence-electron chi connectivity index (χ4n) is 0.587. The lowest BCUT2D eigenvalue weighted by Gasteiger charge is -2.03. The summed E-state index contributed by atoms with van der Waals surface area (Å²) in [5, 5.41) is 9.56. The van der Waals surface area contributed by atoms with Crippen LogP contribution >= 0.6 is 11.8 Å². The second kappa shape index (κ2) is 6.54. The topological polar surface area (TPSA) is 63.6 Å². The maximum Gasteiger partial charge on any atom is 0.330 e. The van der Waals surface area contributed by atoms with Gasteiger partial charge in [-0.2, -0.15) is 0 Å². The van der Waals surface area contributed by atoms with E-state index in [4.69, 9.17) is 5.11 Å². The number of carbonyl (C=O) groups is 2. The van der Waals surface area contributed by atoms with Gasteiger partial charge >= 0.3 is 11.9 Å². The lowest BCUT2D eigenvalue weighted by Crippen LogP contribution is -2.13. The third kappa shape index (κ3) is 5.30. The highest BCUT2D eigenvalue weighted by Crippen LogP contribution is 2.15. The van der Waals surface area contributed by atoms with Crippen molar-refractivity contribution >= 4 is 23.7 Å². The smallest absolute Gasteiger partial charge is 0.330 e. The van der Waals surface area contributed by atoms with Gasteiger partial charge in [0.1, 0.15) is 5.25 Å². The maximum atomic E-state index is 10.6. The van der Waals surface area contributed by atoms with E-state index in [0.717, 1.165) is 11.8 Å². The maximum absolute atomic E-state index is 10.6. The molecule has 0 fully saturated rings. The van der Waals surface area contributed by atoms with Crippen molar-refractivity contribution in [2.75, 3.05) is 7.11 Å². The Morgan fingerprint density at radius 1 is 1.62 bits per heavy atom. The van der Waals surface area contributed by atoms with Gasteiger partial charge in [0, 0.05) is 6.08 Å². The van der Waals surface area contributed by atoms with Crippen LogP contribution in [-0.2, 0) is 14.3 Å². The Bertz CT molecular complexity index is 212. The molecule has 0 radical (unpaired) electrons. The fourth-order valence-corrected chi connectivity index (χ4v) is 1.27. The molecule has 0 saturated carbocycles. The second-order valence-electron chi connectivity index (χ2n) is 2.20. The molecule has 1 unspecified atom stereocenters. The van der Waals surface area contributed by atoms with Crippen LogP contribution in [0.3, 0.4) is 0 Å². The van der Waals surface area contributed by atoms with Gasteiger partial charge < -0.3 is 9.84 Å². The molecule has 1 N–H and O–H groups in total. The SMILES string of the molecule is CCC(SC=CC(=O)OC)C(=O)O. The van der Waals surface area contributed by atoms with Gasteiger partial charge in [-0.25, -0.2) is 4.79 Å². The van der Waals surface area contributed by atoms with Crippen LogP contribution in [0.25, 0.3) is 0 Å². The lowest BCUT2D eigenvalue weighted by molar-refractivity contribution is -0.136. The first kappa shape index (κ1) is 12.0. The zero-order chi connectivity index (χ0) is 10.3. The number of carboxylic acids is 1. The van der Waals surface area contributed by atoms with Crippen LogP contribution in [-0.4, -0.2) is 29.4 Å². The van der Waals surface area contributed by atoms with Crippen molar-refractivity contribution in [1.82, 2.24) is 0 Å². The zero-order valence-electron chi connectivity index (χ0n) is 7.52. The number of aliphatic carboxylic acids is 1. The first-order chi connectivity index (χ1) is 6.11. The van der Waals surface area contributed by atoms with Crippen LogP contribution in [0.2, 0.25) is 0 Å². The van der Waals surface area contributed by atoms with E-state index in [1.165, 1.54) is 18.6 Å². The van der Waals surface area contributed by atoms with Crippen LogP contribution in [0.15, 0.2) is 11.5 Å². The molecule has 1 atom stereocenters. The van der Waals surface area contributed by atoms with E-state index in [-0.39, 0.29) is 0 Å². The standard InChI is InChI=1S/C8H12O4S/c1-3-6(8(10)11)13-5-4-7(9)12-2/h4-6H,3H2,1-2H3,(H,10,11). The minimum Gasteiger partial charge on any atom is -0.480 e. The third-order valence-electron chi connectivity index (χ3n) is 1.29. The molecular formula is C8H12O4S. The van der Waals surface area contributed by atoms with Gasteiger partial charge in [0.15, 0.2) is 0 Å². The molecule has 74 valence electrons. The van der Waals surface area contributed by atoms with Gasteiger partial charge in [-0.3, -0.25) is 4.79 Å². The molecule has 0 saturated heterocycles. The van der Waals surface area contributed by atoms with Crippen LogP contribution in [0.1, 0.15) is 13.3 Å². The number of rotatable bonds is 5. The van der Waals surface area contributed by atoms with Crippen LogP contribution in [0.5, 0.6) is 0 Å². The fraction of sp³-hybridized carbons (Fsp3) is 0.500. The van der Waals surface area contributed by atoms with Gasteiger partial charge in [0.05, 0.1) is 7.11 Å². The van der Waals surface area contributed by atoms with Crippen molar-refractivity contribution in [2.45, 2.75) is 18.6 Å². The third-order valence-corrected chi connectivity index (χ3v) is 2.45. The Labute approximate surface area is 81.0 Å². The molecule has 13 heavy (non-hydrogen) atoms. The van der Waals surface area contributed by atoms with E-state index in [9.17, 15) is 9.59 Å². The van der Waals surface area contributed by atoms with Gasteiger partial charge in [-0.15, -0.1) is 11.8 Å². The average Bonchev–Trinajstić information content (AvgIpc) is 2.11. The van der Waals surface area contributed by atoms with E-state index in [0.29, 0.717) is 6.42 Å². The van der Waals surface area contributed by atoms with Crippen molar-refractivity contribution in [3.05, 3.63) is 11.5 Å². The van der Waals surface area contributed by atoms with Crippen molar-refractivity contribution in [3.8, 4) is 0 Å². The molecule has 0 aliphatic rings. The van der Waals surface area contributed by atoms with Crippen molar-refractivity contribution in [3.63, 3.8) is 0 Å². The van der Waals surface area contributed by atoms with Crippen molar-refractivity contribution in [1.29, 1.82) is 0 Å². The molecular weight excluding hydrogens is 192 g/mol. The Morgan fingerprint density at radius 3 is 2.62 bits per heavy atom. The summed E-state index contributed by atoms with van der Waals surface area (Å²) < 4.78 is 4.34. The van der Waals surface area contributed by atoms with Crippen molar-refractivity contribution in [2.24, 2.45) is 0 Å². The number of esters is 1. The van der Waals surface area contributed by atoms with Crippen LogP contribution in [0, 0.1) is 0 Å². The zero-order valence-corrected chi connectivity index (χ0v) is 8.34. The average molecular weight is 204 g/mol. The summed E-state index contributed by atoms with van der Waals surface area (Å²) in [5.74, 6) is -1.35. The molecule has 0 bridgehead atoms. The van der Waals surface area contributed by atoms with Crippen LogP contribution in [0.4, 0.5) is 0 Å². The Balaban J connectivity index is 3.91. The molecule has 0 spiro atoms. The molecule has 0 heterocycles. The van der Waals surface area contributed by atoms with E-state index in [1.807, 2.05) is 0 Å². The molecule has 5 heteroatoms. The highest BCUT2D eigenvalue weighted by Gasteiger charge is 2.13. The highest BCUT2D eigenvalue weighted by atomic mass is 32.2. The summed E-state index contributed by atoms with van der Waals surface area (Å²) in [4.78, 5) is 21.1. The largest absolute Gasteiger partial charge is 0.480 e. The number of carbonyl (C=O) groups excluding carboxylic acids is 1. The summed E-state index contributed by atoms with van der Waals surface area (Å²) in [6.07, 6.45) is 1.72. The molecule has 0 aromatic heterocycles. The van der Waals surface area contributed by atoms with E-state index >= 15 is 0 Å². The number of carboxylic acid groups (broad SMARTS) is 1. The van der Waals surface area contributed by atoms with Gasteiger partial charge in [-0.05, 0) is 11.8 Å². The van der Waals surface area contributed by atoms with Crippen molar-refractivity contribution < 1.29 is 19.4 Å². The number of hydrogen-bond acceptors (Lipinski definition) is 4. The minimum absolute atomic E-state index is 0.479. The Hall–Kier alpha value is -0.970. The molecule has 0 rings (SSSR count). The molecule has 0 amide bonds. The van der Waals surface area contributed by atoms with Gasteiger partial charge in [0.25, 0.3) is 0 Å². The summed E-state index contributed by atoms with van der Waals surface area (Å²) in [6.45, 7) is 1.78. The second-order valence-corrected chi connectivity index (χ2v) is 3.31. The quantitative estimate of drug-likeness (QED) is 0.539. The number of methoxy groups -OCH3 is 1. The first-order valence-corrected chi connectivity index (χ1v) is 4.68. The Morgan fingerprint density at radius 2 is 2.23 bits per heavy atom. The summed E-state index contributed by atoms with van der Waals surface area (Å²) in [5.41, 5.74) is 0. The molecule has 0 aliphatic carbocycles. The van der Waals surface area contributed by atoms with E-state index in [2.05, 4.69) is 4.74 Å². The molecule has 0 aromatic carbocycles. The summed E-state index contributed by atoms with van der Waals surface area (Å²) in [7, 11) is 1.27. The van der Waals surface area contributed by atoms with Gasteiger partial charge in [0.2, 0.25) is 0 Å². The first-order valence-electron chi connectivity index (χ1n) is 3.74. The highest BCUT2D eigenvalue weighted by molar-refractivity contribution is 8.03. The molecule has 0 aromatic rings. The van der Waals surface area contributed by atoms with E-state index in [1.54, 1.807) is 6.92 Å². The monoisotopic (exact) mass is 204 g/mol. The summed E-state index contributed by atoms with van der Waals surface area (Å²) >= 11 is 1.09. The van der Waals surface area contributed by atoms with Gasteiger partial charge in [-0.1, -0.05) is 6.92 Å². The predicted octanol–water partition coefficient (Wildman–Crippen LogP) is 1.27. The molecule has 4 nitrogen and oxygen atoms in total.